The number of ketones is 1. The normalized spacial score (nSPS) is 11.1. The number of esters is 1. The molecule has 0 atom stereocenters. The Morgan fingerprint density at radius 2 is 1.90 bits per heavy atom. The van der Waals surface area contributed by atoms with E-state index in [2.05, 4.69) is 0 Å². The number of methoxy groups -OCH3 is 1. The summed E-state index contributed by atoms with van der Waals surface area (Å²) in [6.07, 6.45) is 0.0293. The average Bonchev–Trinajstić information content (AvgIpc) is 2.41. The molecule has 0 aliphatic rings. The van der Waals surface area contributed by atoms with E-state index >= 15 is 0 Å². The summed E-state index contributed by atoms with van der Waals surface area (Å²) < 4.78 is 10.1. The minimum absolute atomic E-state index is 0.0293. The number of halogens is 1. The highest BCUT2D eigenvalue weighted by Crippen LogP contribution is 2.40. The number of aryl methyl sites for hydroxylation is 1. The zero-order chi connectivity index (χ0) is 16.2. The first kappa shape index (κ1) is 17.5. The van der Waals surface area contributed by atoms with Crippen LogP contribution in [0.5, 0.6) is 5.75 Å². The zero-order valence-corrected chi connectivity index (χ0v) is 13.8. The maximum Gasteiger partial charge on any atom is 0.374 e. The number of rotatable bonds is 6. The third kappa shape index (κ3) is 3.97. The summed E-state index contributed by atoms with van der Waals surface area (Å²) in [4.78, 5) is 23.4. The molecule has 1 aromatic rings. The Bertz CT molecular complexity index is 549. The standard InChI is InChI=1S/C16H21ClO4/c1-6-21-15(19)12(18)9-16(3,4)11-8-7-10(2)13(17)14(11)20-5/h7-8H,6,9H2,1-5H3. The lowest BCUT2D eigenvalue weighted by Crippen LogP contribution is -2.28. The lowest BCUT2D eigenvalue weighted by molar-refractivity contribution is -0.154. The summed E-state index contributed by atoms with van der Waals surface area (Å²) in [5, 5.41) is 0.520. The first-order valence-corrected chi connectivity index (χ1v) is 7.16. The topological polar surface area (TPSA) is 52.6 Å². The maximum atomic E-state index is 11.9. The van der Waals surface area contributed by atoms with Crippen molar-refractivity contribution in [3.8, 4) is 5.75 Å². The molecule has 1 aromatic carbocycles. The van der Waals surface area contributed by atoms with Gasteiger partial charge in [-0.3, -0.25) is 4.79 Å². The second kappa shape index (κ2) is 6.94. The van der Waals surface area contributed by atoms with Crippen LogP contribution in [0.3, 0.4) is 0 Å². The van der Waals surface area contributed by atoms with E-state index in [0.29, 0.717) is 10.8 Å². The highest BCUT2D eigenvalue weighted by atomic mass is 35.5. The zero-order valence-electron chi connectivity index (χ0n) is 13.1. The lowest BCUT2D eigenvalue weighted by Gasteiger charge is -2.27. The summed E-state index contributed by atoms with van der Waals surface area (Å²) in [7, 11) is 1.54. The van der Waals surface area contributed by atoms with Crippen LogP contribution in [0.4, 0.5) is 0 Å². The lowest BCUT2D eigenvalue weighted by atomic mass is 9.79. The van der Waals surface area contributed by atoms with E-state index in [-0.39, 0.29) is 13.0 Å². The van der Waals surface area contributed by atoms with Crippen LogP contribution in [0.2, 0.25) is 5.02 Å². The maximum absolute atomic E-state index is 11.9. The molecule has 0 radical (unpaired) electrons. The van der Waals surface area contributed by atoms with Gasteiger partial charge in [0, 0.05) is 17.4 Å². The number of carbonyl (C=O) groups is 2. The SMILES string of the molecule is CCOC(=O)C(=O)CC(C)(C)c1ccc(C)c(Cl)c1OC. The van der Waals surface area contributed by atoms with Crippen molar-refractivity contribution in [3.63, 3.8) is 0 Å². The molecule has 0 aliphatic carbocycles. The van der Waals surface area contributed by atoms with E-state index in [1.54, 1.807) is 6.92 Å². The fraction of sp³-hybridized carbons (Fsp3) is 0.500. The van der Waals surface area contributed by atoms with Crippen LogP contribution >= 0.6 is 11.6 Å². The number of hydrogen-bond acceptors (Lipinski definition) is 4. The molecule has 1 rings (SSSR count). The quantitative estimate of drug-likeness (QED) is 0.596. The molecule has 0 amide bonds. The van der Waals surface area contributed by atoms with Gasteiger partial charge in [0.1, 0.15) is 5.75 Å². The molecule has 21 heavy (non-hydrogen) atoms. The van der Waals surface area contributed by atoms with E-state index in [0.717, 1.165) is 11.1 Å². The minimum Gasteiger partial charge on any atom is -0.495 e. The number of ether oxygens (including phenoxy) is 2. The van der Waals surface area contributed by atoms with Gasteiger partial charge in [-0.2, -0.15) is 0 Å². The number of carbonyl (C=O) groups excluding carboxylic acids is 2. The number of Topliss-reactive ketones (excluding diaryl/α,β-unsaturated/α-hetero) is 1. The predicted molar refractivity (Wildman–Crippen MR) is 82.0 cm³/mol. The van der Waals surface area contributed by atoms with Gasteiger partial charge in [0.25, 0.3) is 0 Å². The highest BCUT2D eigenvalue weighted by Gasteiger charge is 2.31. The molecule has 0 spiro atoms. The molecular weight excluding hydrogens is 292 g/mol. The Labute approximate surface area is 130 Å². The van der Waals surface area contributed by atoms with Crippen molar-refractivity contribution in [1.29, 1.82) is 0 Å². The van der Waals surface area contributed by atoms with Gasteiger partial charge in [-0.15, -0.1) is 0 Å². The first-order chi connectivity index (χ1) is 9.74. The molecule has 0 bridgehead atoms. The van der Waals surface area contributed by atoms with Gasteiger partial charge in [-0.25, -0.2) is 4.79 Å². The van der Waals surface area contributed by atoms with Gasteiger partial charge in [0.2, 0.25) is 5.78 Å². The summed E-state index contributed by atoms with van der Waals surface area (Å²) in [6, 6.07) is 3.75. The Kier molecular flexibility index (Phi) is 5.78. The first-order valence-electron chi connectivity index (χ1n) is 6.78. The van der Waals surface area contributed by atoms with Gasteiger partial charge in [0.15, 0.2) is 0 Å². The van der Waals surface area contributed by atoms with Crippen LogP contribution in [0, 0.1) is 6.92 Å². The van der Waals surface area contributed by atoms with E-state index in [1.165, 1.54) is 7.11 Å². The second-order valence-corrected chi connectivity index (χ2v) is 5.86. The Hall–Kier alpha value is -1.55. The molecule has 0 saturated heterocycles. The van der Waals surface area contributed by atoms with Crippen molar-refractivity contribution in [2.24, 2.45) is 0 Å². The second-order valence-electron chi connectivity index (χ2n) is 5.48. The van der Waals surface area contributed by atoms with Crippen LogP contribution < -0.4 is 4.74 Å². The third-order valence-corrected chi connectivity index (χ3v) is 3.80. The van der Waals surface area contributed by atoms with Gasteiger partial charge in [-0.1, -0.05) is 37.6 Å². The van der Waals surface area contributed by atoms with Crippen molar-refractivity contribution in [2.45, 2.75) is 39.5 Å². The average molecular weight is 313 g/mol. The molecule has 116 valence electrons. The minimum atomic E-state index is -0.803. The predicted octanol–water partition coefficient (Wildman–Crippen LogP) is 3.46. The van der Waals surface area contributed by atoms with Gasteiger partial charge >= 0.3 is 5.97 Å². The van der Waals surface area contributed by atoms with Crippen LogP contribution in [-0.4, -0.2) is 25.5 Å². The monoisotopic (exact) mass is 312 g/mol. The smallest absolute Gasteiger partial charge is 0.374 e. The fourth-order valence-corrected chi connectivity index (χ4v) is 2.41. The van der Waals surface area contributed by atoms with E-state index in [1.807, 2.05) is 32.9 Å². The molecule has 0 aromatic heterocycles. The largest absolute Gasteiger partial charge is 0.495 e. The van der Waals surface area contributed by atoms with Crippen molar-refractivity contribution in [2.75, 3.05) is 13.7 Å². The third-order valence-electron chi connectivity index (χ3n) is 3.33. The summed E-state index contributed by atoms with van der Waals surface area (Å²) in [6.45, 7) is 7.47. The van der Waals surface area contributed by atoms with Crippen molar-refractivity contribution < 1.29 is 19.1 Å². The van der Waals surface area contributed by atoms with E-state index in [4.69, 9.17) is 21.1 Å². The molecular formula is C16H21ClO4. The van der Waals surface area contributed by atoms with Crippen LogP contribution in [0.15, 0.2) is 12.1 Å². The van der Waals surface area contributed by atoms with Gasteiger partial charge in [-0.05, 0) is 19.4 Å². The molecule has 0 unspecified atom stereocenters. The fourth-order valence-electron chi connectivity index (χ4n) is 2.17. The summed E-state index contributed by atoms with van der Waals surface area (Å²) in [5.74, 6) is -0.818. The highest BCUT2D eigenvalue weighted by molar-refractivity contribution is 6.34. The van der Waals surface area contributed by atoms with Gasteiger partial charge < -0.3 is 9.47 Å². The Morgan fingerprint density at radius 1 is 1.29 bits per heavy atom. The molecule has 0 saturated carbocycles. The molecule has 0 N–H and O–H groups in total. The van der Waals surface area contributed by atoms with Crippen molar-refractivity contribution in [3.05, 3.63) is 28.3 Å². The molecule has 5 heteroatoms. The Balaban J connectivity index is 3.11. The molecule has 0 aliphatic heterocycles. The van der Waals surface area contributed by atoms with Crippen molar-refractivity contribution in [1.82, 2.24) is 0 Å². The van der Waals surface area contributed by atoms with E-state index in [9.17, 15) is 9.59 Å². The Morgan fingerprint density at radius 3 is 2.43 bits per heavy atom. The summed E-state index contributed by atoms with van der Waals surface area (Å²) >= 11 is 6.25. The van der Waals surface area contributed by atoms with Gasteiger partial charge in [0.05, 0.1) is 18.7 Å². The molecule has 0 fully saturated rings. The number of hydrogen-bond donors (Lipinski definition) is 0. The number of benzene rings is 1. The van der Waals surface area contributed by atoms with Crippen molar-refractivity contribution >= 4 is 23.4 Å². The summed E-state index contributed by atoms with van der Waals surface area (Å²) in [5.41, 5.74) is 1.09. The molecule has 0 heterocycles. The van der Waals surface area contributed by atoms with E-state index < -0.39 is 17.2 Å². The molecule has 4 nitrogen and oxygen atoms in total. The van der Waals surface area contributed by atoms with Crippen LogP contribution in [0.1, 0.15) is 38.3 Å². The van der Waals surface area contributed by atoms with Crippen LogP contribution in [0.25, 0.3) is 0 Å². The van der Waals surface area contributed by atoms with Crippen LogP contribution in [-0.2, 0) is 19.7 Å².